The number of aryl methyl sites for hydroxylation is 1. The molecule has 1 fully saturated rings. The van der Waals surface area contributed by atoms with Crippen LogP contribution < -0.4 is 0 Å². The number of ether oxygens (including phenoxy) is 1. The van der Waals surface area contributed by atoms with E-state index < -0.39 is 24.7 Å². The number of amides is 1. The lowest BCUT2D eigenvalue weighted by Crippen LogP contribution is -2.51. The van der Waals surface area contributed by atoms with Crippen LogP contribution in [0.2, 0.25) is 0 Å². The molecule has 0 aliphatic carbocycles. The van der Waals surface area contributed by atoms with E-state index in [0.29, 0.717) is 21.0 Å². The highest BCUT2D eigenvalue weighted by Crippen LogP contribution is 2.31. The van der Waals surface area contributed by atoms with Crippen LogP contribution in [-0.2, 0) is 11.8 Å². The van der Waals surface area contributed by atoms with Crippen molar-refractivity contribution < 1.29 is 22.7 Å². The number of rotatable bonds is 2. The summed E-state index contributed by atoms with van der Waals surface area (Å²) in [6.45, 7) is -0.534. The summed E-state index contributed by atoms with van der Waals surface area (Å²) in [5.41, 5.74) is 2.14. The van der Waals surface area contributed by atoms with Crippen LogP contribution in [-0.4, -0.2) is 62.5 Å². The zero-order valence-corrected chi connectivity index (χ0v) is 17.1. The van der Waals surface area contributed by atoms with Gasteiger partial charge in [0.05, 0.1) is 23.7 Å². The molecule has 0 radical (unpaired) electrons. The highest BCUT2D eigenvalue weighted by molar-refractivity contribution is 7.20. The van der Waals surface area contributed by atoms with Crippen molar-refractivity contribution >= 4 is 38.5 Å². The second kappa shape index (κ2) is 7.27. The van der Waals surface area contributed by atoms with Gasteiger partial charge in [-0.05, 0) is 24.3 Å². The van der Waals surface area contributed by atoms with Crippen LogP contribution in [0.3, 0.4) is 0 Å². The SMILES string of the molecule is Cn1cc2cc(-c3ccc4cc(C(=O)N5CCO[C@@H](C(F)(F)F)C5)sc4n3)cnc2n1. The van der Waals surface area contributed by atoms with E-state index in [0.717, 1.165) is 27.7 Å². The number of halogens is 3. The van der Waals surface area contributed by atoms with Crippen LogP contribution in [0.1, 0.15) is 9.67 Å². The highest BCUT2D eigenvalue weighted by atomic mass is 32.1. The van der Waals surface area contributed by atoms with Crippen LogP contribution in [0.5, 0.6) is 0 Å². The van der Waals surface area contributed by atoms with Crippen molar-refractivity contribution in [3.05, 3.63) is 41.5 Å². The second-order valence-corrected chi connectivity index (χ2v) is 8.32. The summed E-state index contributed by atoms with van der Waals surface area (Å²) in [4.78, 5) is 24.0. The van der Waals surface area contributed by atoms with Crippen LogP contribution in [0, 0.1) is 0 Å². The Morgan fingerprint density at radius 3 is 2.90 bits per heavy atom. The molecule has 31 heavy (non-hydrogen) atoms. The van der Waals surface area contributed by atoms with Gasteiger partial charge in [0, 0.05) is 42.3 Å². The molecular weight excluding hydrogens is 431 g/mol. The molecule has 0 aromatic carbocycles. The van der Waals surface area contributed by atoms with Crippen LogP contribution in [0.4, 0.5) is 13.2 Å². The van der Waals surface area contributed by atoms with Gasteiger partial charge in [-0.2, -0.15) is 18.3 Å². The first kappa shape index (κ1) is 19.9. The topological polar surface area (TPSA) is 73.1 Å². The van der Waals surface area contributed by atoms with Gasteiger partial charge in [-0.1, -0.05) is 0 Å². The van der Waals surface area contributed by atoms with Gasteiger partial charge in [-0.25, -0.2) is 9.97 Å². The number of nitrogens with zero attached hydrogens (tertiary/aromatic N) is 5. The molecule has 4 aromatic rings. The summed E-state index contributed by atoms with van der Waals surface area (Å²) in [6, 6.07) is 7.28. The van der Waals surface area contributed by atoms with Gasteiger partial charge < -0.3 is 9.64 Å². The van der Waals surface area contributed by atoms with Crippen molar-refractivity contribution in [2.75, 3.05) is 19.7 Å². The molecule has 0 saturated carbocycles. The minimum Gasteiger partial charge on any atom is -0.365 e. The molecule has 5 rings (SSSR count). The number of aromatic nitrogens is 4. The molecule has 0 N–H and O–H groups in total. The molecule has 1 amide bonds. The average Bonchev–Trinajstić information content (AvgIpc) is 3.33. The van der Waals surface area contributed by atoms with E-state index >= 15 is 0 Å². The highest BCUT2D eigenvalue weighted by Gasteiger charge is 2.44. The summed E-state index contributed by atoms with van der Waals surface area (Å²) in [5, 5.41) is 5.89. The second-order valence-electron chi connectivity index (χ2n) is 7.29. The van der Waals surface area contributed by atoms with Gasteiger partial charge in [0.1, 0.15) is 4.83 Å². The standard InChI is InChI=1S/C20H16F3N5O2S/c1-27-9-13-6-12(8-24-17(13)26-27)14-3-2-11-7-15(31-18(11)25-14)19(29)28-4-5-30-16(10-28)20(21,22)23/h2-3,6-9,16H,4-5,10H2,1H3/t16-/m1/s1. The maximum absolute atomic E-state index is 13.0. The number of hydrogen-bond donors (Lipinski definition) is 0. The lowest BCUT2D eigenvalue weighted by atomic mass is 10.1. The Bertz CT molecular complexity index is 1300. The van der Waals surface area contributed by atoms with E-state index in [1.54, 1.807) is 16.9 Å². The van der Waals surface area contributed by atoms with Gasteiger partial charge in [0.15, 0.2) is 11.8 Å². The molecule has 5 heterocycles. The minimum atomic E-state index is -4.50. The lowest BCUT2D eigenvalue weighted by Gasteiger charge is -2.33. The van der Waals surface area contributed by atoms with Crippen molar-refractivity contribution in [2.24, 2.45) is 7.05 Å². The zero-order chi connectivity index (χ0) is 21.8. The first-order chi connectivity index (χ1) is 14.8. The van der Waals surface area contributed by atoms with E-state index in [4.69, 9.17) is 4.74 Å². The predicted octanol–water partition coefficient (Wildman–Crippen LogP) is 3.65. The Labute approximate surface area is 178 Å². The molecule has 1 atom stereocenters. The van der Waals surface area contributed by atoms with E-state index in [9.17, 15) is 18.0 Å². The first-order valence-electron chi connectivity index (χ1n) is 9.46. The number of carbonyl (C=O) groups is 1. The molecule has 7 nitrogen and oxygen atoms in total. The van der Waals surface area contributed by atoms with Crippen molar-refractivity contribution in [3.8, 4) is 11.3 Å². The van der Waals surface area contributed by atoms with E-state index in [2.05, 4.69) is 15.1 Å². The maximum atomic E-state index is 13.0. The molecule has 0 bridgehead atoms. The van der Waals surface area contributed by atoms with Crippen LogP contribution in [0.15, 0.2) is 36.7 Å². The van der Waals surface area contributed by atoms with Gasteiger partial charge in [-0.3, -0.25) is 9.48 Å². The fourth-order valence-corrected chi connectivity index (χ4v) is 4.54. The molecular formula is C20H16F3N5O2S. The molecule has 11 heteroatoms. The Balaban J connectivity index is 1.43. The molecule has 160 valence electrons. The maximum Gasteiger partial charge on any atom is 0.416 e. The van der Waals surface area contributed by atoms with Gasteiger partial charge in [0.2, 0.25) is 0 Å². The monoisotopic (exact) mass is 447 g/mol. The van der Waals surface area contributed by atoms with Gasteiger partial charge >= 0.3 is 6.18 Å². The minimum absolute atomic E-state index is 0.120. The number of carbonyl (C=O) groups excluding carboxylic acids is 1. The summed E-state index contributed by atoms with van der Waals surface area (Å²) in [6.07, 6.45) is -2.91. The Morgan fingerprint density at radius 1 is 1.26 bits per heavy atom. The van der Waals surface area contributed by atoms with Crippen molar-refractivity contribution in [1.82, 2.24) is 24.6 Å². The van der Waals surface area contributed by atoms with E-state index in [-0.39, 0.29) is 13.2 Å². The van der Waals surface area contributed by atoms with Gasteiger partial charge in [-0.15, -0.1) is 11.3 Å². The third kappa shape index (κ3) is 3.74. The summed E-state index contributed by atoms with van der Waals surface area (Å²) < 4.78 is 45.4. The zero-order valence-electron chi connectivity index (χ0n) is 16.3. The smallest absolute Gasteiger partial charge is 0.365 e. The molecule has 1 aliphatic rings. The quantitative estimate of drug-likeness (QED) is 0.469. The summed E-state index contributed by atoms with van der Waals surface area (Å²) in [7, 11) is 1.82. The average molecular weight is 447 g/mol. The number of pyridine rings is 2. The fraction of sp³-hybridized carbons (Fsp3) is 0.300. The largest absolute Gasteiger partial charge is 0.416 e. The molecule has 0 spiro atoms. The Morgan fingerprint density at radius 2 is 2.10 bits per heavy atom. The number of morpholine rings is 1. The van der Waals surface area contributed by atoms with Crippen molar-refractivity contribution in [3.63, 3.8) is 0 Å². The summed E-state index contributed by atoms with van der Waals surface area (Å²) >= 11 is 1.16. The van der Waals surface area contributed by atoms with E-state index in [1.165, 1.54) is 4.90 Å². The number of hydrogen-bond acceptors (Lipinski definition) is 6. The van der Waals surface area contributed by atoms with Crippen molar-refractivity contribution in [2.45, 2.75) is 12.3 Å². The third-order valence-corrected chi connectivity index (χ3v) is 6.11. The molecule has 1 saturated heterocycles. The Hall–Kier alpha value is -3.05. The van der Waals surface area contributed by atoms with Crippen LogP contribution in [0.25, 0.3) is 32.5 Å². The summed E-state index contributed by atoms with van der Waals surface area (Å²) in [5.74, 6) is -0.444. The number of thiophene rings is 1. The lowest BCUT2D eigenvalue weighted by molar-refractivity contribution is -0.233. The fourth-order valence-electron chi connectivity index (χ4n) is 3.54. The number of fused-ring (bicyclic) bond motifs is 2. The van der Waals surface area contributed by atoms with Gasteiger partial charge in [0.25, 0.3) is 5.91 Å². The predicted molar refractivity (Wildman–Crippen MR) is 109 cm³/mol. The normalized spacial score (nSPS) is 17.5. The van der Waals surface area contributed by atoms with Crippen molar-refractivity contribution in [1.29, 1.82) is 0 Å². The molecule has 0 unspecified atom stereocenters. The Kier molecular flexibility index (Phi) is 4.67. The third-order valence-electron chi connectivity index (χ3n) is 5.08. The van der Waals surface area contributed by atoms with E-state index in [1.807, 2.05) is 31.4 Å². The molecule has 4 aromatic heterocycles. The number of alkyl halides is 3. The first-order valence-corrected chi connectivity index (χ1v) is 10.3. The molecule has 1 aliphatic heterocycles. The van der Waals surface area contributed by atoms with Crippen LogP contribution >= 0.6 is 11.3 Å².